The lowest BCUT2D eigenvalue weighted by Gasteiger charge is -2.27. The molecule has 1 unspecified atom stereocenters. The summed E-state index contributed by atoms with van der Waals surface area (Å²) in [5.74, 6) is -2.32. The first kappa shape index (κ1) is 33.4. The van der Waals surface area contributed by atoms with Crippen LogP contribution >= 0.6 is 0 Å². The number of unbranched alkanes of at least 4 members (excludes halogenated alkanes) is 1. The molecule has 1 saturated carbocycles. The van der Waals surface area contributed by atoms with Crippen molar-refractivity contribution >= 4 is 52.7 Å². The maximum Gasteiger partial charge on any atom is 0.264 e. The number of piperidine rings is 1. The highest BCUT2D eigenvalue weighted by Gasteiger charge is 2.45. The molecule has 4 aliphatic rings. The zero-order chi connectivity index (χ0) is 35.6. The van der Waals surface area contributed by atoms with E-state index in [2.05, 4.69) is 21.3 Å². The second-order valence-corrected chi connectivity index (χ2v) is 13.0. The number of nitrogens with one attached hydrogen (secondary N) is 4. The van der Waals surface area contributed by atoms with Gasteiger partial charge in [-0.3, -0.25) is 43.8 Å². The molecule has 0 spiro atoms. The number of rotatable bonds is 12. The van der Waals surface area contributed by atoms with E-state index in [-0.39, 0.29) is 54.3 Å². The van der Waals surface area contributed by atoms with Crippen LogP contribution in [0.4, 0.5) is 11.4 Å². The molecule has 262 valence electrons. The maximum atomic E-state index is 13.5. The van der Waals surface area contributed by atoms with Crippen LogP contribution in [0.1, 0.15) is 85.5 Å². The zero-order valence-electron chi connectivity index (χ0n) is 27.7. The lowest BCUT2D eigenvalue weighted by atomic mass is 10.0. The van der Waals surface area contributed by atoms with Crippen LogP contribution < -0.4 is 26.0 Å². The Labute approximate surface area is 292 Å². The van der Waals surface area contributed by atoms with Gasteiger partial charge in [0.2, 0.25) is 11.8 Å². The van der Waals surface area contributed by atoms with E-state index in [9.17, 15) is 33.6 Å². The highest BCUT2D eigenvalue weighted by molar-refractivity contribution is 6.25. The average molecular weight is 693 g/mol. The topological polar surface area (TPSA) is 183 Å². The Bertz CT molecular complexity index is 1960. The van der Waals surface area contributed by atoms with Gasteiger partial charge in [-0.05, 0) is 80.1 Å². The molecule has 3 aromatic carbocycles. The molecular weight excluding hydrogens is 656 g/mol. The largest absolute Gasteiger partial charge is 0.482 e. The number of fused-ring (bicyclic) bond motifs is 2. The smallest absolute Gasteiger partial charge is 0.264 e. The molecule has 2 fully saturated rings. The van der Waals surface area contributed by atoms with Gasteiger partial charge >= 0.3 is 0 Å². The Morgan fingerprint density at radius 2 is 1.61 bits per heavy atom. The SMILES string of the molecule is O=C1CCC(N2C(=O)c3cccc(NCCCCNC(=O)c4ccc(CN(C(=O)c5ccc6c(c5)OCC(=O)N6)C5CC5)cc4)c3C2=O)C(=O)N1. The third kappa shape index (κ3) is 7.02. The van der Waals surface area contributed by atoms with Crippen LogP contribution in [0.2, 0.25) is 0 Å². The molecule has 1 saturated heterocycles. The number of carbonyl (C=O) groups excluding carboxylic acids is 7. The first-order valence-corrected chi connectivity index (χ1v) is 17.0. The Morgan fingerprint density at radius 3 is 2.37 bits per heavy atom. The van der Waals surface area contributed by atoms with Crippen molar-refractivity contribution in [3.05, 3.63) is 88.5 Å². The summed E-state index contributed by atoms with van der Waals surface area (Å²) in [7, 11) is 0. The van der Waals surface area contributed by atoms with E-state index in [0.29, 0.717) is 60.7 Å². The first-order chi connectivity index (χ1) is 24.7. The predicted molar refractivity (Wildman–Crippen MR) is 183 cm³/mol. The second kappa shape index (κ2) is 14.1. The van der Waals surface area contributed by atoms with E-state index in [1.807, 2.05) is 17.0 Å². The highest BCUT2D eigenvalue weighted by Crippen LogP contribution is 2.34. The van der Waals surface area contributed by atoms with Crippen LogP contribution in [0, 0.1) is 0 Å². The van der Waals surface area contributed by atoms with Gasteiger partial charge < -0.3 is 25.6 Å². The number of imide groups is 2. The van der Waals surface area contributed by atoms with Gasteiger partial charge in [0.05, 0.1) is 16.8 Å². The predicted octanol–water partition coefficient (Wildman–Crippen LogP) is 2.85. The third-order valence-electron chi connectivity index (χ3n) is 9.35. The fourth-order valence-electron chi connectivity index (χ4n) is 6.52. The van der Waals surface area contributed by atoms with E-state index in [0.717, 1.165) is 23.3 Å². The monoisotopic (exact) mass is 692 g/mol. The summed E-state index contributed by atoms with van der Waals surface area (Å²) in [4.78, 5) is 90.9. The molecule has 51 heavy (non-hydrogen) atoms. The summed E-state index contributed by atoms with van der Waals surface area (Å²) in [6.45, 7) is 1.21. The number of carbonyl (C=O) groups is 7. The zero-order valence-corrected chi connectivity index (χ0v) is 27.7. The summed E-state index contributed by atoms with van der Waals surface area (Å²) >= 11 is 0. The van der Waals surface area contributed by atoms with Crippen LogP contribution in [0.3, 0.4) is 0 Å². The molecule has 1 atom stereocenters. The number of amides is 7. The lowest BCUT2D eigenvalue weighted by molar-refractivity contribution is -0.136. The second-order valence-electron chi connectivity index (χ2n) is 13.0. The number of anilines is 2. The van der Waals surface area contributed by atoms with E-state index < -0.39 is 29.7 Å². The van der Waals surface area contributed by atoms with Gasteiger partial charge in [0.15, 0.2) is 6.61 Å². The summed E-state index contributed by atoms with van der Waals surface area (Å²) in [5.41, 5.74) is 3.32. The number of hydrogen-bond donors (Lipinski definition) is 4. The van der Waals surface area contributed by atoms with Gasteiger partial charge in [-0.2, -0.15) is 0 Å². The standard InChI is InChI=1S/C37H36N6O8/c44-30-15-14-28(34(47)41-30)43-36(49)25-4-3-5-27(32(25)37(43)50)38-16-1-2-17-39-33(46)22-8-6-21(7-9-22)19-42(24-11-12-24)35(48)23-10-13-26-29(18-23)51-20-31(45)40-26/h3-10,13,18,24,28,38H,1-2,11-12,14-17,19-20H2,(H,39,46)(H,40,45)(H,41,44,47). The van der Waals surface area contributed by atoms with Crippen molar-refractivity contribution in [1.82, 2.24) is 20.4 Å². The van der Waals surface area contributed by atoms with Gasteiger partial charge in [0.1, 0.15) is 11.8 Å². The molecule has 14 nitrogen and oxygen atoms in total. The summed E-state index contributed by atoms with van der Waals surface area (Å²) in [6, 6.07) is 16.2. The van der Waals surface area contributed by atoms with Crippen molar-refractivity contribution in [2.45, 2.75) is 57.2 Å². The molecule has 4 N–H and O–H groups in total. The average Bonchev–Trinajstić information content (AvgIpc) is 3.94. The fourth-order valence-corrected chi connectivity index (χ4v) is 6.52. The van der Waals surface area contributed by atoms with Crippen molar-refractivity contribution in [1.29, 1.82) is 0 Å². The van der Waals surface area contributed by atoms with E-state index in [1.165, 1.54) is 0 Å². The normalized spacial score (nSPS) is 17.9. The van der Waals surface area contributed by atoms with Crippen molar-refractivity contribution in [3.8, 4) is 5.75 Å². The number of hydrogen-bond acceptors (Lipinski definition) is 9. The van der Waals surface area contributed by atoms with Crippen molar-refractivity contribution in [2.24, 2.45) is 0 Å². The molecule has 7 amide bonds. The molecule has 0 bridgehead atoms. The maximum absolute atomic E-state index is 13.5. The number of ether oxygens (including phenoxy) is 1. The fraction of sp³-hybridized carbons (Fsp3) is 0.324. The molecule has 7 rings (SSSR count). The Balaban J connectivity index is 0.873. The summed E-state index contributed by atoms with van der Waals surface area (Å²) in [5, 5.41) is 11.1. The quantitative estimate of drug-likeness (QED) is 0.164. The molecule has 3 heterocycles. The summed E-state index contributed by atoms with van der Waals surface area (Å²) in [6.07, 6.45) is 3.31. The highest BCUT2D eigenvalue weighted by atomic mass is 16.5. The molecule has 14 heteroatoms. The van der Waals surface area contributed by atoms with Crippen molar-refractivity contribution in [2.75, 3.05) is 30.3 Å². The van der Waals surface area contributed by atoms with Crippen molar-refractivity contribution in [3.63, 3.8) is 0 Å². The van der Waals surface area contributed by atoms with Crippen molar-refractivity contribution < 1.29 is 38.3 Å². The van der Waals surface area contributed by atoms with Crippen LogP contribution in [0.5, 0.6) is 5.75 Å². The molecular formula is C37H36N6O8. The Morgan fingerprint density at radius 1 is 0.843 bits per heavy atom. The lowest BCUT2D eigenvalue weighted by Crippen LogP contribution is -2.54. The summed E-state index contributed by atoms with van der Waals surface area (Å²) < 4.78 is 5.48. The van der Waals surface area contributed by atoms with Gasteiger partial charge in [-0.1, -0.05) is 18.2 Å². The van der Waals surface area contributed by atoms with E-state index >= 15 is 0 Å². The molecule has 3 aromatic rings. The van der Waals surface area contributed by atoms with E-state index in [4.69, 9.17) is 4.74 Å². The van der Waals surface area contributed by atoms with Gasteiger partial charge in [-0.25, -0.2) is 0 Å². The van der Waals surface area contributed by atoms with Crippen LogP contribution in [-0.2, 0) is 20.9 Å². The minimum atomic E-state index is -1.03. The third-order valence-corrected chi connectivity index (χ3v) is 9.35. The Kier molecular flexibility index (Phi) is 9.22. The molecule has 0 aromatic heterocycles. The van der Waals surface area contributed by atoms with Crippen LogP contribution in [-0.4, -0.2) is 82.9 Å². The first-order valence-electron chi connectivity index (χ1n) is 17.0. The van der Waals surface area contributed by atoms with Crippen LogP contribution in [0.25, 0.3) is 0 Å². The van der Waals surface area contributed by atoms with Gasteiger partial charge in [-0.15, -0.1) is 0 Å². The number of nitrogens with zero attached hydrogens (tertiary/aromatic N) is 2. The van der Waals surface area contributed by atoms with Gasteiger partial charge in [0.25, 0.3) is 29.5 Å². The molecule has 1 aliphatic carbocycles. The minimum absolute atomic E-state index is 0.0519. The molecule has 0 radical (unpaired) electrons. The molecule has 3 aliphatic heterocycles. The van der Waals surface area contributed by atoms with Gasteiger partial charge in [0, 0.05) is 48.9 Å². The van der Waals surface area contributed by atoms with E-state index in [1.54, 1.807) is 48.5 Å². The Hall–Kier alpha value is -6.05. The minimum Gasteiger partial charge on any atom is -0.482 e. The van der Waals surface area contributed by atoms with Crippen LogP contribution in [0.15, 0.2) is 60.7 Å². The number of benzene rings is 3.